The summed E-state index contributed by atoms with van der Waals surface area (Å²) >= 11 is 0. The van der Waals surface area contributed by atoms with Crippen molar-refractivity contribution in [1.82, 2.24) is 9.99 Å². The van der Waals surface area contributed by atoms with Gasteiger partial charge in [-0.1, -0.05) is 60.7 Å². The molecule has 0 saturated heterocycles. The Morgan fingerprint density at radius 2 is 1.71 bits per heavy atom. The lowest BCUT2D eigenvalue weighted by atomic mass is 10.0. The Balaban J connectivity index is 1.50. The highest BCUT2D eigenvalue weighted by molar-refractivity contribution is 5.99. The molecule has 4 nitrogen and oxygen atoms in total. The lowest BCUT2D eigenvalue weighted by Gasteiger charge is -2.08. The molecule has 156 valence electrons. The summed E-state index contributed by atoms with van der Waals surface area (Å²) in [6, 6.07) is 22.8. The van der Waals surface area contributed by atoms with Crippen LogP contribution in [-0.2, 0) is 17.8 Å². The molecule has 0 radical (unpaired) electrons. The minimum Gasteiger partial charge on any atom is -0.342 e. The molecule has 0 aliphatic carbocycles. The Morgan fingerprint density at radius 1 is 0.935 bits per heavy atom. The van der Waals surface area contributed by atoms with Gasteiger partial charge in [-0.15, -0.1) is 0 Å². The molecule has 0 aliphatic heterocycles. The van der Waals surface area contributed by atoms with Crippen molar-refractivity contribution in [3.63, 3.8) is 0 Å². The zero-order valence-corrected chi connectivity index (χ0v) is 18.2. The number of nitrogens with one attached hydrogen (secondary N) is 1. The molecule has 4 rings (SSSR count). The van der Waals surface area contributed by atoms with Gasteiger partial charge in [0.1, 0.15) is 0 Å². The third-order valence-electron chi connectivity index (χ3n) is 5.75. The minimum atomic E-state index is -0.122. The molecule has 0 aliphatic rings. The molecule has 1 aromatic heterocycles. The van der Waals surface area contributed by atoms with E-state index in [0.29, 0.717) is 6.42 Å². The monoisotopic (exact) mass is 409 g/mol. The van der Waals surface area contributed by atoms with Crippen LogP contribution < -0.4 is 5.43 Å². The smallest absolute Gasteiger partial charge is 0.244 e. The van der Waals surface area contributed by atoms with Crippen LogP contribution in [-0.4, -0.2) is 16.7 Å². The second kappa shape index (κ2) is 9.00. The van der Waals surface area contributed by atoms with Crippen LogP contribution in [0, 0.1) is 20.8 Å². The molecule has 0 unspecified atom stereocenters. The van der Waals surface area contributed by atoms with Gasteiger partial charge in [-0.05, 0) is 54.7 Å². The minimum absolute atomic E-state index is 0.122. The number of fused-ring (bicyclic) bond motifs is 1. The van der Waals surface area contributed by atoms with Gasteiger partial charge in [0, 0.05) is 29.2 Å². The number of para-hydroxylation sites is 1. The fraction of sp³-hybridized carbons (Fsp3) is 0.185. The second-order valence-corrected chi connectivity index (χ2v) is 8.04. The maximum atomic E-state index is 12.3. The predicted octanol–water partition coefficient (Wildman–Crippen LogP) is 5.31. The maximum Gasteiger partial charge on any atom is 0.244 e. The number of rotatable bonds is 6. The predicted molar refractivity (Wildman–Crippen MR) is 128 cm³/mol. The van der Waals surface area contributed by atoms with Crippen LogP contribution in [0.2, 0.25) is 0 Å². The molecule has 31 heavy (non-hydrogen) atoms. The molecule has 0 bridgehead atoms. The number of aromatic nitrogens is 1. The molecule has 1 amide bonds. The topological polar surface area (TPSA) is 46.4 Å². The lowest BCUT2D eigenvalue weighted by molar-refractivity contribution is -0.120. The zero-order valence-electron chi connectivity index (χ0n) is 18.2. The normalized spacial score (nSPS) is 11.3. The van der Waals surface area contributed by atoms with Gasteiger partial charge in [0.2, 0.25) is 5.91 Å². The SMILES string of the molecule is Cc1ccc(CC(=O)N/N=C\c2cn(Cc3ccccc3C)c3ccccc23)cc1C. The molecular formula is C27H27N3O. The van der Waals surface area contributed by atoms with Crippen LogP contribution in [0.3, 0.4) is 0 Å². The standard InChI is InChI=1S/C27H27N3O/c1-19-12-13-22(14-21(19)3)15-27(31)29-28-16-24-18-30(26-11-7-6-10-25(24)26)17-23-9-5-4-8-20(23)2/h4-14,16,18H,15,17H2,1-3H3,(H,29,31)/b28-16-. The maximum absolute atomic E-state index is 12.3. The summed E-state index contributed by atoms with van der Waals surface area (Å²) in [5.74, 6) is -0.122. The largest absolute Gasteiger partial charge is 0.342 e. The lowest BCUT2D eigenvalue weighted by Crippen LogP contribution is -2.19. The van der Waals surface area contributed by atoms with Crippen LogP contribution in [0.25, 0.3) is 10.9 Å². The van der Waals surface area contributed by atoms with Gasteiger partial charge in [0.25, 0.3) is 0 Å². The molecule has 4 heteroatoms. The summed E-state index contributed by atoms with van der Waals surface area (Å²) in [4.78, 5) is 12.3. The van der Waals surface area contributed by atoms with E-state index in [9.17, 15) is 4.79 Å². The van der Waals surface area contributed by atoms with Crippen molar-refractivity contribution in [1.29, 1.82) is 0 Å². The average molecular weight is 410 g/mol. The first kappa shape index (κ1) is 20.6. The molecule has 0 atom stereocenters. The van der Waals surface area contributed by atoms with E-state index in [-0.39, 0.29) is 5.91 Å². The number of nitrogens with zero attached hydrogens (tertiary/aromatic N) is 2. The van der Waals surface area contributed by atoms with Gasteiger partial charge in [0.15, 0.2) is 0 Å². The number of aryl methyl sites for hydroxylation is 3. The van der Waals surface area contributed by atoms with Gasteiger partial charge in [-0.25, -0.2) is 5.43 Å². The Labute approximate surface area is 183 Å². The number of carbonyl (C=O) groups excluding carboxylic acids is 1. The molecule has 3 aromatic carbocycles. The highest BCUT2D eigenvalue weighted by Crippen LogP contribution is 2.22. The summed E-state index contributed by atoms with van der Waals surface area (Å²) < 4.78 is 2.23. The summed E-state index contributed by atoms with van der Waals surface area (Å²) in [7, 11) is 0. The third kappa shape index (κ3) is 4.75. The van der Waals surface area contributed by atoms with Crippen molar-refractivity contribution in [3.8, 4) is 0 Å². The number of benzene rings is 3. The molecule has 1 N–H and O–H groups in total. The van der Waals surface area contributed by atoms with Crippen molar-refractivity contribution in [2.75, 3.05) is 0 Å². The molecule has 1 heterocycles. The van der Waals surface area contributed by atoms with Crippen molar-refractivity contribution in [2.45, 2.75) is 33.7 Å². The van der Waals surface area contributed by atoms with Crippen LogP contribution >= 0.6 is 0 Å². The van der Waals surface area contributed by atoms with E-state index in [1.807, 2.05) is 24.3 Å². The van der Waals surface area contributed by atoms with E-state index in [1.165, 1.54) is 22.3 Å². The van der Waals surface area contributed by atoms with Crippen LogP contribution in [0.4, 0.5) is 0 Å². The number of hydrazone groups is 1. The Kier molecular flexibility index (Phi) is 5.99. The zero-order chi connectivity index (χ0) is 21.8. The first-order valence-corrected chi connectivity index (χ1v) is 10.5. The first-order chi connectivity index (χ1) is 15.0. The molecule has 0 fully saturated rings. The van der Waals surface area contributed by atoms with E-state index < -0.39 is 0 Å². The van der Waals surface area contributed by atoms with Gasteiger partial charge >= 0.3 is 0 Å². The van der Waals surface area contributed by atoms with Gasteiger partial charge in [-0.3, -0.25) is 4.79 Å². The highest BCUT2D eigenvalue weighted by Gasteiger charge is 2.09. The summed E-state index contributed by atoms with van der Waals surface area (Å²) in [6.07, 6.45) is 4.14. The Hall–Kier alpha value is -3.66. The average Bonchev–Trinajstić information content (AvgIpc) is 3.10. The first-order valence-electron chi connectivity index (χ1n) is 10.5. The fourth-order valence-electron chi connectivity index (χ4n) is 3.79. The van der Waals surface area contributed by atoms with E-state index in [0.717, 1.165) is 28.6 Å². The van der Waals surface area contributed by atoms with E-state index >= 15 is 0 Å². The van der Waals surface area contributed by atoms with Crippen LogP contribution in [0.5, 0.6) is 0 Å². The highest BCUT2D eigenvalue weighted by atomic mass is 16.2. The van der Waals surface area contributed by atoms with Crippen molar-refractivity contribution < 1.29 is 4.79 Å². The van der Waals surface area contributed by atoms with Gasteiger partial charge < -0.3 is 4.57 Å². The molecular weight excluding hydrogens is 382 g/mol. The van der Waals surface area contributed by atoms with E-state index in [1.54, 1.807) is 6.21 Å². The van der Waals surface area contributed by atoms with Crippen molar-refractivity contribution >= 4 is 23.0 Å². The van der Waals surface area contributed by atoms with Crippen LogP contribution in [0.15, 0.2) is 78.0 Å². The second-order valence-electron chi connectivity index (χ2n) is 8.04. The number of hydrogen-bond donors (Lipinski definition) is 1. The molecule has 4 aromatic rings. The number of carbonyl (C=O) groups is 1. The Morgan fingerprint density at radius 3 is 2.52 bits per heavy atom. The van der Waals surface area contributed by atoms with Crippen molar-refractivity contribution in [2.24, 2.45) is 5.10 Å². The van der Waals surface area contributed by atoms with Crippen molar-refractivity contribution in [3.05, 3.63) is 106 Å². The summed E-state index contributed by atoms with van der Waals surface area (Å²) in [5, 5.41) is 5.34. The van der Waals surface area contributed by atoms with E-state index in [4.69, 9.17) is 0 Å². The molecule has 0 spiro atoms. The Bertz CT molecular complexity index is 1270. The quantitative estimate of drug-likeness (QED) is 0.341. The van der Waals surface area contributed by atoms with Crippen LogP contribution in [0.1, 0.15) is 33.4 Å². The number of hydrogen-bond acceptors (Lipinski definition) is 2. The fourth-order valence-corrected chi connectivity index (χ4v) is 3.79. The summed E-state index contributed by atoms with van der Waals surface area (Å²) in [5.41, 5.74) is 10.8. The summed E-state index contributed by atoms with van der Waals surface area (Å²) in [6.45, 7) is 7.05. The van der Waals surface area contributed by atoms with E-state index in [2.05, 4.69) is 84.5 Å². The third-order valence-corrected chi connectivity index (χ3v) is 5.75. The molecule has 0 saturated carbocycles. The van der Waals surface area contributed by atoms with Gasteiger partial charge in [0.05, 0.1) is 12.6 Å². The van der Waals surface area contributed by atoms with Gasteiger partial charge in [-0.2, -0.15) is 5.10 Å². The number of amides is 1.